The molecule has 2 unspecified atom stereocenters. The molecule has 9 heteroatoms. The zero-order valence-corrected chi connectivity index (χ0v) is 13.8. The first-order valence-electron chi connectivity index (χ1n) is 7.73. The van der Waals surface area contributed by atoms with Gasteiger partial charge in [0.1, 0.15) is 12.1 Å². The van der Waals surface area contributed by atoms with Crippen molar-refractivity contribution in [2.75, 3.05) is 7.05 Å². The summed E-state index contributed by atoms with van der Waals surface area (Å²) in [6.07, 6.45) is 5.58. The number of nitrogens with zero attached hydrogens (tertiary/aromatic N) is 3. The molecule has 3 amide bonds. The number of hydrogen-bond donors (Lipinski definition) is 2. The number of carbonyl (C=O) groups excluding carboxylic acids is 3. The minimum absolute atomic E-state index is 0.295. The van der Waals surface area contributed by atoms with Crippen molar-refractivity contribution in [1.29, 1.82) is 0 Å². The van der Waals surface area contributed by atoms with Gasteiger partial charge in [-0.05, 0) is 24.3 Å². The molecule has 0 aliphatic carbocycles. The number of rotatable bonds is 4. The molecule has 1 fully saturated rings. The first-order chi connectivity index (χ1) is 12.4. The van der Waals surface area contributed by atoms with Crippen LogP contribution in [0.4, 0.5) is 0 Å². The van der Waals surface area contributed by atoms with Gasteiger partial charge in [0.25, 0.3) is 11.5 Å². The van der Waals surface area contributed by atoms with Gasteiger partial charge in [-0.2, -0.15) is 0 Å². The second kappa shape index (κ2) is 6.79. The molecule has 0 saturated carbocycles. The van der Waals surface area contributed by atoms with Crippen molar-refractivity contribution in [3.05, 3.63) is 65.2 Å². The Morgan fingerprint density at radius 3 is 2.46 bits per heavy atom. The van der Waals surface area contributed by atoms with Crippen LogP contribution in [0.1, 0.15) is 10.4 Å². The van der Waals surface area contributed by atoms with E-state index in [1.807, 2.05) is 0 Å². The van der Waals surface area contributed by atoms with E-state index >= 15 is 0 Å². The molecule has 1 radical (unpaired) electrons. The molecule has 3 N–H and O–H groups in total. The molecule has 2 heterocycles. The van der Waals surface area contributed by atoms with Crippen LogP contribution in [-0.2, 0) is 9.59 Å². The van der Waals surface area contributed by atoms with Crippen molar-refractivity contribution in [2.45, 2.75) is 12.1 Å². The number of likely N-dealkylation sites (tertiary alicyclic amines) is 1. The standard InChI is InChI=1S/C17H16N5O4/c1-21-13(15(18)24)8-12(17(21)26)20-16(25)10-2-4-11(5-3-10)22-7-6-19-9-14(22)23/h2-9,12-13H,1H3,(H2,18,24)(H,20,25). The van der Waals surface area contributed by atoms with E-state index in [1.165, 1.54) is 53.7 Å². The van der Waals surface area contributed by atoms with Gasteiger partial charge in [-0.25, -0.2) is 0 Å². The van der Waals surface area contributed by atoms with Crippen molar-refractivity contribution in [2.24, 2.45) is 5.73 Å². The molecule has 1 aromatic heterocycles. The highest BCUT2D eigenvalue weighted by molar-refractivity contribution is 6.01. The van der Waals surface area contributed by atoms with Crippen LogP contribution in [0.15, 0.2) is 47.7 Å². The predicted octanol–water partition coefficient (Wildman–Crippen LogP) is -1.14. The number of carbonyl (C=O) groups is 3. The molecule has 133 valence electrons. The molecular formula is C17H16N5O4. The largest absolute Gasteiger partial charge is 0.368 e. The molecule has 2 atom stereocenters. The summed E-state index contributed by atoms with van der Waals surface area (Å²) in [4.78, 5) is 52.4. The van der Waals surface area contributed by atoms with Crippen LogP contribution in [0.5, 0.6) is 0 Å². The smallest absolute Gasteiger partial charge is 0.273 e. The molecule has 9 nitrogen and oxygen atoms in total. The Kier molecular flexibility index (Phi) is 4.53. The lowest BCUT2D eigenvalue weighted by atomic mass is 10.1. The van der Waals surface area contributed by atoms with Crippen molar-refractivity contribution < 1.29 is 14.4 Å². The van der Waals surface area contributed by atoms with E-state index in [-0.39, 0.29) is 5.56 Å². The predicted molar refractivity (Wildman–Crippen MR) is 91.1 cm³/mol. The SMILES string of the molecule is CN1C(=O)C(NC(=O)c2ccc(-n3ccncc3=O)cc2)[CH]C1C(N)=O. The second-order valence-corrected chi connectivity index (χ2v) is 5.77. The summed E-state index contributed by atoms with van der Waals surface area (Å²) in [5.41, 5.74) is 5.82. The highest BCUT2D eigenvalue weighted by Crippen LogP contribution is 2.17. The maximum atomic E-state index is 12.3. The lowest BCUT2D eigenvalue weighted by Gasteiger charge is -2.15. The van der Waals surface area contributed by atoms with Gasteiger partial charge < -0.3 is 16.0 Å². The fraction of sp³-hybridized carbons (Fsp3) is 0.176. The number of hydrogen-bond acceptors (Lipinski definition) is 5. The van der Waals surface area contributed by atoms with E-state index < -0.39 is 29.8 Å². The van der Waals surface area contributed by atoms with Gasteiger partial charge in [-0.3, -0.25) is 28.7 Å². The molecule has 3 rings (SSSR count). The Morgan fingerprint density at radius 1 is 1.19 bits per heavy atom. The van der Waals surface area contributed by atoms with Crippen LogP contribution in [0, 0.1) is 6.42 Å². The average Bonchev–Trinajstić information content (AvgIpc) is 2.91. The minimum atomic E-state index is -0.924. The number of benzene rings is 1. The zero-order valence-electron chi connectivity index (χ0n) is 13.8. The van der Waals surface area contributed by atoms with E-state index in [1.54, 1.807) is 12.1 Å². The van der Waals surface area contributed by atoms with E-state index in [9.17, 15) is 19.2 Å². The highest BCUT2D eigenvalue weighted by atomic mass is 16.2. The van der Waals surface area contributed by atoms with Gasteiger partial charge in [0.15, 0.2) is 0 Å². The highest BCUT2D eigenvalue weighted by Gasteiger charge is 2.41. The second-order valence-electron chi connectivity index (χ2n) is 5.77. The molecule has 2 aromatic rings. The van der Waals surface area contributed by atoms with Crippen molar-refractivity contribution in [3.8, 4) is 5.69 Å². The summed E-state index contributed by atoms with van der Waals surface area (Å²) in [6.45, 7) is 0. The Morgan fingerprint density at radius 2 is 1.88 bits per heavy atom. The number of likely N-dealkylation sites (N-methyl/N-ethyl adjacent to an activating group) is 1. The van der Waals surface area contributed by atoms with E-state index in [0.717, 1.165) is 0 Å². The lowest BCUT2D eigenvalue weighted by molar-refractivity contribution is -0.133. The fourth-order valence-corrected chi connectivity index (χ4v) is 2.70. The molecule has 1 aromatic carbocycles. The molecular weight excluding hydrogens is 338 g/mol. The molecule has 1 saturated heterocycles. The average molecular weight is 354 g/mol. The van der Waals surface area contributed by atoms with E-state index in [4.69, 9.17) is 5.73 Å². The Labute approximate surface area is 148 Å². The van der Waals surface area contributed by atoms with Gasteiger partial charge in [0, 0.05) is 37.1 Å². The third-order valence-electron chi connectivity index (χ3n) is 4.12. The van der Waals surface area contributed by atoms with Crippen molar-refractivity contribution in [3.63, 3.8) is 0 Å². The number of aromatic nitrogens is 2. The van der Waals surface area contributed by atoms with Crippen molar-refractivity contribution >= 4 is 17.7 Å². The van der Waals surface area contributed by atoms with Crippen LogP contribution in [-0.4, -0.2) is 51.3 Å². The molecule has 0 spiro atoms. The van der Waals surface area contributed by atoms with Crippen LogP contribution >= 0.6 is 0 Å². The summed E-state index contributed by atoms with van der Waals surface area (Å²) in [5.74, 6) is -1.56. The van der Waals surface area contributed by atoms with Gasteiger partial charge >= 0.3 is 0 Å². The molecule has 1 aliphatic heterocycles. The van der Waals surface area contributed by atoms with Crippen LogP contribution in [0.25, 0.3) is 5.69 Å². The van der Waals surface area contributed by atoms with E-state index in [0.29, 0.717) is 11.3 Å². The maximum Gasteiger partial charge on any atom is 0.273 e. The Hall–Kier alpha value is -3.49. The third-order valence-corrected chi connectivity index (χ3v) is 4.12. The fourth-order valence-electron chi connectivity index (χ4n) is 2.70. The maximum absolute atomic E-state index is 12.3. The molecule has 1 aliphatic rings. The summed E-state index contributed by atoms with van der Waals surface area (Å²) < 4.78 is 1.38. The third kappa shape index (κ3) is 3.18. The van der Waals surface area contributed by atoms with E-state index in [2.05, 4.69) is 10.3 Å². The van der Waals surface area contributed by atoms with Crippen LogP contribution in [0.3, 0.4) is 0 Å². The number of primary amides is 1. The summed E-state index contributed by atoms with van der Waals surface area (Å²) in [5, 5.41) is 2.56. The summed E-state index contributed by atoms with van der Waals surface area (Å²) >= 11 is 0. The van der Waals surface area contributed by atoms with Crippen molar-refractivity contribution in [1.82, 2.24) is 19.8 Å². The van der Waals surface area contributed by atoms with Gasteiger partial charge in [-0.1, -0.05) is 0 Å². The van der Waals surface area contributed by atoms with Crippen LogP contribution in [0.2, 0.25) is 0 Å². The number of nitrogens with one attached hydrogen (secondary N) is 1. The molecule has 26 heavy (non-hydrogen) atoms. The number of amides is 3. The first kappa shape index (κ1) is 17.3. The summed E-state index contributed by atoms with van der Waals surface area (Å²) in [6, 6.07) is 4.50. The zero-order chi connectivity index (χ0) is 18.8. The monoisotopic (exact) mass is 354 g/mol. The summed E-state index contributed by atoms with van der Waals surface area (Å²) in [7, 11) is 1.45. The normalized spacial score (nSPS) is 19.4. The quantitative estimate of drug-likeness (QED) is 0.717. The Balaban J connectivity index is 1.73. The van der Waals surface area contributed by atoms with Crippen LogP contribution < -0.4 is 16.6 Å². The number of nitrogens with two attached hydrogens (primary N) is 1. The Bertz CT molecular complexity index is 921. The minimum Gasteiger partial charge on any atom is -0.368 e. The van der Waals surface area contributed by atoms with Gasteiger partial charge in [-0.15, -0.1) is 0 Å². The lowest BCUT2D eigenvalue weighted by Crippen LogP contribution is -2.41. The van der Waals surface area contributed by atoms with Gasteiger partial charge in [0.05, 0.1) is 6.20 Å². The molecule has 0 bridgehead atoms. The van der Waals surface area contributed by atoms with Gasteiger partial charge in [0.2, 0.25) is 11.8 Å². The first-order valence-corrected chi connectivity index (χ1v) is 7.73. The topological polar surface area (TPSA) is 127 Å².